The normalized spacial score (nSPS) is 12.1. The van der Waals surface area contributed by atoms with Gasteiger partial charge in [0.15, 0.2) is 0 Å². The summed E-state index contributed by atoms with van der Waals surface area (Å²) in [7, 11) is 0. The second-order valence-electron chi connectivity index (χ2n) is 7.08. The maximum absolute atomic E-state index is 12.9. The molecule has 0 spiro atoms. The zero-order valence-electron chi connectivity index (χ0n) is 16.9. The number of benzene rings is 1. The Labute approximate surface area is 187 Å². The van der Waals surface area contributed by atoms with Gasteiger partial charge in [0.05, 0.1) is 17.6 Å². The molecule has 0 atom stereocenters. The predicted octanol–water partition coefficient (Wildman–Crippen LogP) is 5.16. The van der Waals surface area contributed by atoms with Crippen molar-refractivity contribution < 1.29 is 31.1 Å². The number of imidazole rings is 1. The van der Waals surface area contributed by atoms with Crippen molar-refractivity contribution in [1.82, 2.24) is 24.7 Å². The Morgan fingerprint density at radius 2 is 1.74 bits per heavy atom. The smallest absolute Gasteiger partial charge is 0.329 e. The van der Waals surface area contributed by atoms with Crippen LogP contribution in [0.25, 0.3) is 28.2 Å². The fourth-order valence-electron chi connectivity index (χ4n) is 3.14. The molecule has 0 aliphatic heterocycles. The number of nitrogens with one attached hydrogen (secondary N) is 2. The van der Waals surface area contributed by atoms with Crippen LogP contribution in [-0.4, -0.2) is 38.1 Å². The molecule has 0 saturated carbocycles. The van der Waals surface area contributed by atoms with E-state index in [0.29, 0.717) is 22.5 Å². The van der Waals surface area contributed by atoms with E-state index in [2.05, 4.69) is 20.3 Å². The molecule has 1 aromatic carbocycles. The predicted molar refractivity (Wildman–Crippen MR) is 110 cm³/mol. The molecule has 2 N–H and O–H groups in total. The summed E-state index contributed by atoms with van der Waals surface area (Å²) < 4.78 is 77.3. The van der Waals surface area contributed by atoms with Gasteiger partial charge < -0.3 is 10.6 Å². The summed E-state index contributed by atoms with van der Waals surface area (Å²) in [6, 6.07) is 9.30. The van der Waals surface area contributed by atoms with Crippen LogP contribution < -0.4 is 10.6 Å². The Bertz CT molecular complexity index is 1350. The third-order valence-electron chi connectivity index (χ3n) is 4.63. The van der Waals surface area contributed by atoms with Crippen LogP contribution in [0.15, 0.2) is 61.2 Å². The van der Waals surface area contributed by atoms with Crippen LogP contribution >= 0.6 is 0 Å². The Morgan fingerprint density at radius 3 is 2.47 bits per heavy atom. The number of carbonyl (C=O) groups excluding carboxylic acids is 1. The van der Waals surface area contributed by atoms with Gasteiger partial charge in [-0.3, -0.25) is 4.40 Å². The highest BCUT2D eigenvalue weighted by Crippen LogP contribution is 2.30. The molecule has 0 aliphatic rings. The molecule has 13 heteroatoms. The first-order valence-electron chi connectivity index (χ1n) is 9.58. The number of nitrogens with zero attached hydrogens (tertiary/aromatic N) is 4. The number of halogens is 6. The van der Waals surface area contributed by atoms with E-state index in [1.165, 1.54) is 12.3 Å². The number of hydrogen-bond donors (Lipinski definition) is 2. The van der Waals surface area contributed by atoms with Crippen LogP contribution in [0.1, 0.15) is 5.69 Å². The lowest BCUT2D eigenvalue weighted by atomic mass is 10.1. The van der Waals surface area contributed by atoms with Gasteiger partial charge in [-0.1, -0.05) is 12.1 Å². The van der Waals surface area contributed by atoms with Crippen molar-refractivity contribution in [2.24, 2.45) is 0 Å². The van der Waals surface area contributed by atoms with Crippen LogP contribution in [0.2, 0.25) is 0 Å². The van der Waals surface area contributed by atoms with Crippen molar-refractivity contribution in [3.05, 3.63) is 66.9 Å². The molecular formula is C21H14F6N6O. The molecular weight excluding hydrogens is 466 g/mol. The van der Waals surface area contributed by atoms with Gasteiger partial charge >= 0.3 is 18.4 Å². The second kappa shape index (κ2) is 8.65. The quantitative estimate of drug-likeness (QED) is 0.395. The van der Waals surface area contributed by atoms with E-state index < -0.39 is 30.6 Å². The summed E-state index contributed by atoms with van der Waals surface area (Å²) in [5.41, 5.74) is 1.25. The molecule has 0 bridgehead atoms. The molecule has 34 heavy (non-hydrogen) atoms. The average Bonchev–Trinajstić information content (AvgIpc) is 3.20. The number of anilines is 1. The van der Waals surface area contributed by atoms with Crippen LogP contribution in [0.3, 0.4) is 0 Å². The molecule has 176 valence electrons. The summed E-state index contributed by atoms with van der Waals surface area (Å²) in [4.78, 5) is 23.1. The monoisotopic (exact) mass is 480 g/mol. The molecule has 4 aromatic rings. The highest BCUT2D eigenvalue weighted by molar-refractivity contribution is 5.90. The van der Waals surface area contributed by atoms with E-state index in [1.807, 2.05) is 0 Å². The molecule has 0 aliphatic carbocycles. The van der Waals surface area contributed by atoms with Crippen molar-refractivity contribution in [1.29, 1.82) is 0 Å². The van der Waals surface area contributed by atoms with Gasteiger partial charge in [0.25, 0.3) is 0 Å². The van der Waals surface area contributed by atoms with Crippen LogP contribution in [0, 0.1) is 0 Å². The lowest BCUT2D eigenvalue weighted by Gasteiger charge is -2.11. The van der Waals surface area contributed by atoms with Crippen molar-refractivity contribution in [2.75, 3.05) is 11.9 Å². The van der Waals surface area contributed by atoms with Gasteiger partial charge in [0.2, 0.25) is 0 Å². The largest absolute Gasteiger partial charge is 0.433 e. The number of urea groups is 1. The zero-order chi connectivity index (χ0) is 24.5. The highest BCUT2D eigenvalue weighted by Gasteiger charge is 2.33. The lowest BCUT2D eigenvalue weighted by Crippen LogP contribution is -2.36. The topological polar surface area (TPSA) is 84.2 Å². The summed E-state index contributed by atoms with van der Waals surface area (Å²) in [6.07, 6.45) is -5.19. The number of rotatable bonds is 4. The number of pyridine rings is 1. The molecule has 0 fully saturated rings. The molecule has 3 aromatic heterocycles. The van der Waals surface area contributed by atoms with Gasteiger partial charge in [-0.05, 0) is 30.3 Å². The molecule has 0 unspecified atom stereocenters. The number of hydrogen-bond acceptors (Lipinski definition) is 4. The minimum atomic E-state index is -4.61. The molecule has 0 radical (unpaired) electrons. The Balaban J connectivity index is 1.59. The van der Waals surface area contributed by atoms with E-state index in [0.717, 1.165) is 12.4 Å². The maximum Gasteiger partial charge on any atom is 0.433 e. The van der Waals surface area contributed by atoms with E-state index in [1.54, 1.807) is 46.2 Å². The van der Waals surface area contributed by atoms with Gasteiger partial charge in [-0.15, -0.1) is 0 Å². The van der Waals surface area contributed by atoms with Crippen molar-refractivity contribution in [2.45, 2.75) is 12.4 Å². The Hall–Kier alpha value is -4.16. The molecule has 4 rings (SSSR count). The molecule has 2 amide bonds. The number of alkyl halides is 6. The summed E-state index contributed by atoms with van der Waals surface area (Å²) in [6.45, 7) is -1.47. The fourth-order valence-corrected chi connectivity index (χ4v) is 3.14. The third-order valence-corrected chi connectivity index (χ3v) is 4.63. The summed E-state index contributed by atoms with van der Waals surface area (Å²) >= 11 is 0. The van der Waals surface area contributed by atoms with E-state index in [4.69, 9.17) is 0 Å². The second-order valence-corrected chi connectivity index (χ2v) is 7.08. The van der Waals surface area contributed by atoms with Crippen LogP contribution in [0.5, 0.6) is 0 Å². The highest BCUT2D eigenvalue weighted by atomic mass is 19.4. The van der Waals surface area contributed by atoms with Crippen molar-refractivity contribution in [3.8, 4) is 22.5 Å². The van der Waals surface area contributed by atoms with Crippen molar-refractivity contribution >= 4 is 17.4 Å². The number of carbonyl (C=O) groups is 1. The summed E-state index contributed by atoms with van der Waals surface area (Å²) in [5.74, 6) is 0. The molecule has 0 saturated heterocycles. The van der Waals surface area contributed by atoms with Gasteiger partial charge in [-0.25, -0.2) is 19.7 Å². The third kappa shape index (κ3) is 5.24. The average molecular weight is 480 g/mol. The SMILES string of the molecule is O=C(NCC(F)(F)F)Nc1cccc(-c2cnc3cc(-c4cc(C(F)(F)F)ncn4)ccn23)c1. The molecule has 3 heterocycles. The minimum absolute atomic E-state index is 0.0745. The van der Waals surface area contributed by atoms with E-state index in [-0.39, 0.29) is 11.4 Å². The Kier molecular flexibility index (Phi) is 5.85. The van der Waals surface area contributed by atoms with Crippen LogP contribution in [-0.2, 0) is 6.18 Å². The fraction of sp³-hybridized carbons (Fsp3) is 0.143. The molecule has 7 nitrogen and oxygen atoms in total. The number of amides is 2. The van der Waals surface area contributed by atoms with Gasteiger partial charge in [0.1, 0.15) is 24.2 Å². The summed E-state index contributed by atoms with van der Waals surface area (Å²) in [5, 5.41) is 4.04. The first-order chi connectivity index (χ1) is 16.0. The Morgan fingerprint density at radius 1 is 0.941 bits per heavy atom. The standard InChI is InChI=1S/C21H14F6N6O/c22-20(23,24)10-29-19(34)32-14-3-1-2-13(6-14)16-9-28-18-7-12(4-5-33(16)18)15-8-17(21(25,26)27)31-11-30-15/h1-9,11H,10H2,(H2,29,32,34). The van der Waals surface area contributed by atoms with Crippen molar-refractivity contribution in [3.63, 3.8) is 0 Å². The first-order valence-corrected chi connectivity index (χ1v) is 9.58. The first kappa shape index (κ1) is 23.0. The number of aromatic nitrogens is 4. The van der Waals surface area contributed by atoms with E-state index >= 15 is 0 Å². The lowest BCUT2D eigenvalue weighted by molar-refractivity contribution is -0.141. The number of fused-ring (bicyclic) bond motifs is 1. The van der Waals surface area contributed by atoms with Crippen LogP contribution in [0.4, 0.5) is 36.8 Å². The minimum Gasteiger partial charge on any atom is -0.329 e. The van der Waals surface area contributed by atoms with Gasteiger partial charge in [0, 0.05) is 23.0 Å². The zero-order valence-corrected chi connectivity index (χ0v) is 16.9. The maximum atomic E-state index is 12.9. The van der Waals surface area contributed by atoms with E-state index in [9.17, 15) is 31.1 Å². The van der Waals surface area contributed by atoms with Gasteiger partial charge in [-0.2, -0.15) is 26.3 Å².